The predicted octanol–water partition coefficient (Wildman–Crippen LogP) is 2.14. The fourth-order valence-corrected chi connectivity index (χ4v) is 0.829. The first-order chi connectivity index (χ1) is 5.07. The predicted molar refractivity (Wildman–Crippen MR) is 36.7 cm³/mol. The van der Waals surface area contributed by atoms with Crippen molar-refractivity contribution in [1.82, 2.24) is 0 Å². The third-order valence-corrected chi connectivity index (χ3v) is 1.58. The summed E-state index contributed by atoms with van der Waals surface area (Å²) in [7, 11) is 0. The standard InChI is InChI=1S/C7H12F2O2/c1-2-5(7(10)11)3-4-6(8)9/h5-6H,2-4H2,1H3,(H,10,11). The van der Waals surface area contributed by atoms with Gasteiger partial charge in [-0.25, -0.2) is 8.78 Å². The van der Waals surface area contributed by atoms with E-state index < -0.39 is 18.3 Å². The lowest BCUT2D eigenvalue weighted by atomic mass is 10.0. The quantitative estimate of drug-likeness (QED) is 0.679. The maximum absolute atomic E-state index is 11.6. The van der Waals surface area contributed by atoms with Gasteiger partial charge in [-0.15, -0.1) is 0 Å². The first kappa shape index (κ1) is 10.3. The molecule has 0 aliphatic rings. The van der Waals surface area contributed by atoms with Gasteiger partial charge in [0.25, 0.3) is 0 Å². The molecule has 66 valence electrons. The lowest BCUT2D eigenvalue weighted by Gasteiger charge is -2.07. The molecule has 0 aliphatic carbocycles. The molecule has 0 heterocycles. The number of hydrogen-bond acceptors (Lipinski definition) is 1. The van der Waals surface area contributed by atoms with Crippen LogP contribution in [0, 0.1) is 5.92 Å². The maximum atomic E-state index is 11.6. The van der Waals surface area contributed by atoms with Gasteiger partial charge in [-0.3, -0.25) is 4.79 Å². The van der Waals surface area contributed by atoms with Crippen molar-refractivity contribution in [2.45, 2.75) is 32.6 Å². The summed E-state index contributed by atoms with van der Waals surface area (Å²) in [6, 6.07) is 0. The van der Waals surface area contributed by atoms with Gasteiger partial charge in [-0.2, -0.15) is 0 Å². The molecule has 0 saturated heterocycles. The Morgan fingerprint density at radius 1 is 1.45 bits per heavy atom. The molecule has 0 aromatic carbocycles. The highest BCUT2D eigenvalue weighted by molar-refractivity contribution is 5.69. The van der Waals surface area contributed by atoms with Crippen LogP contribution in [0.25, 0.3) is 0 Å². The van der Waals surface area contributed by atoms with Gasteiger partial charge in [0.2, 0.25) is 6.43 Å². The summed E-state index contributed by atoms with van der Waals surface area (Å²) in [5.74, 6) is -1.59. The van der Waals surface area contributed by atoms with Gasteiger partial charge in [0.15, 0.2) is 0 Å². The number of rotatable bonds is 5. The molecule has 2 nitrogen and oxygen atoms in total. The highest BCUT2D eigenvalue weighted by Gasteiger charge is 2.16. The Bertz CT molecular complexity index is 126. The van der Waals surface area contributed by atoms with E-state index in [2.05, 4.69) is 0 Å². The van der Waals surface area contributed by atoms with Gasteiger partial charge >= 0.3 is 5.97 Å². The van der Waals surface area contributed by atoms with Crippen LogP contribution in [0.4, 0.5) is 8.78 Å². The monoisotopic (exact) mass is 166 g/mol. The Kier molecular flexibility index (Phi) is 4.74. The molecular weight excluding hydrogens is 154 g/mol. The minimum atomic E-state index is -2.39. The Balaban J connectivity index is 3.61. The van der Waals surface area contributed by atoms with Gasteiger partial charge in [0.05, 0.1) is 5.92 Å². The number of alkyl halides is 2. The van der Waals surface area contributed by atoms with Crippen molar-refractivity contribution in [3.8, 4) is 0 Å². The van der Waals surface area contributed by atoms with E-state index in [0.29, 0.717) is 6.42 Å². The largest absolute Gasteiger partial charge is 0.481 e. The smallest absolute Gasteiger partial charge is 0.306 e. The van der Waals surface area contributed by atoms with Crippen LogP contribution in [-0.2, 0) is 4.79 Å². The van der Waals surface area contributed by atoms with Gasteiger partial charge in [-0.05, 0) is 12.8 Å². The zero-order valence-electron chi connectivity index (χ0n) is 6.39. The molecule has 1 unspecified atom stereocenters. The summed E-state index contributed by atoms with van der Waals surface area (Å²) in [5, 5.41) is 8.44. The van der Waals surface area contributed by atoms with Crippen LogP contribution in [-0.4, -0.2) is 17.5 Å². The van der Waals surface area contributed by atoms with Crippen LogP contribution < -0.4 is 0 Å². The van der Waals surface area contributed by atoms with E-state index in [-0.39, 0.29) is 12.8 Å². The molecule has 0 spiro atoms. The van der Waals surface area contributed by atoms with E-state index in [1.54, 1.807) is 6.92 Å². The zero-order valence-corrected chi connectivity index (χ0v) is 6.39. The highest BCUT2D eigenvalue weighted by atomic mass is 19.3. The molecular formula is C7H12F2O2. The third-order valence-electron chi connectivity index (χ3n) is 1.58. The van der Waals surface area contributed by atoms with E-state index in [0.717, 1.165) is 0 Å². The number of hydrogen-bond donors (Lipinski definition) is 1. The second-order valence-corrected chi connectivity index (χ2v) is 2.41. The maximum Gasteiger partial charge on any atom is 0.306 e. The molecule has 4 heteroatoms. The summed E-state index contributed by atoms with van der Waals surface area (Å²) in [6.07, 6.45) is -2.21. The second-order valence-electron chi connectivity index (χ2n) is 2.41. The number of carboxylic acids is 1. The van der Waals surface area contributed by atoms with Crippen molar-refractivity contribution < 1.29 is 18.7 Å². The summed E-state index contributed by atoms with van der Waals surface area (Å²) in [5.41, 5.74) is 0. The fourth-order valence-electron chi connectivity index (χ4n) is 0.829. The molecule has 0 saturated carbocycles. The highest BCUT2D eigenvalue weighted by Crippen LogP contribution is 2.14. The second kappa shape index (κ2) is 5.04. The Morgan fingerprint density at radius 3 is 2.27 bits per heavy atom. The SMILES string of the molecule is CCC(CCC(F)F)C(=O)O. The Labute approximate surface area is 64.2 Å². The molecule has 0 aromatic rings. The van der Waals surface area contributed by atoms with Crippen molar-refractivity contribution in [2.75, 3.05) is 0 Å². The average Bonchev–Trinajstić information content (AvgIpc) is 1.87. The number of aliphatic carboxylic acids is 1. The molecule has 1 N–H and O–H groups in total. The number of carboxylic acid groups (broad SMARTS) is 1. The van der Waals surface area contributed by atoms with Crippen LogP contribution in [0.5, 0.6) is 0 Å². The van der Waals surface area contributed by atoms with E-state index in [9.17, 15) is 13.6 Å². The van der Waals surface area contributed by atoms with Crippen molar-refractivity contribution in [2.24, 2.45) is 5.92 Å². The van der Waals surface area contributed by atoms with Gasteiger partial charge in [-0.1, -0.05) is 6.92 Å². The van der Waals surface area contributed by atoms with E-state index in [1.807, 2.05) is 0 Å². The lowest BCUT2D eigenvalue weighted by Crippen LogP contribution is -2.13. The molecule has 0 aromatic heterocycles. The number of halogens is 2. The Morgan fingerprint density at radius 2 is 2.00 bits per heavy atom. The first-order valence-electron chi connectivity index (χ1n) is 3.58. The van der Waals surface area contributed by atoms with E-state index in [1.165, 1.54) is 0 Å². The lowest BCUT2D eigenvalue weighted by molar-refractivity contribution is -0.142. The van der Waals surface area contributed by atoms with Crippen LogP contribution in [0.2, 0.25) is 0 Å². The van der Waals surface area contributed by atoms with Crippen molar-refractivity contribution in [3.05, 3.63) is 0 Å². The van der Waals surface area contributed by atoms with Crippen molar-refractivity contribution in [1.29, 1.82) is 0 Å². The zero-order chi connectivity index (χ0) is 8.85. The molecule has 0 aliphatic heterocycles. The first-order valence-corrected chi connectivity index (χ1v) is 3.58. The molecule has 0 fully saturated rings. The number of carbonyl (C=O) groups is 1. The van der Waals surface area contributed by atoms with E-state index in [4.69, 9.17) is 5.11 Å². The summed E-state index contributed by atoms with van der Waals surface area (Å²) in [6.45, 7) is 1.68. The summed E-state index contributed by atoms with van der Waals surface area (Å²) in [4.78, 5) is 10.3. The van der Waals surface area contributed by atoms with E-state index >= 15 is 0 Å². The third kappa shape index (κ3) is 4.70. The van der Waals surface area contributed by atoms with Crippen LogP contribution in [0.15, 0.2) is 0 Å². The fraction of sp³-hybridized carbons (Fsp3) is 0.857. The molecule has 0 bridgehead atoms. The van der Waals surface area contributed by atoms with Crippen LogP contribution in [0.1, 0.15) is 26.2 Å². The molecule has 1 atom stereocenters. The Hall–Kier alpha value is -0.670. The molecule has 0 amide bonds. The normalized spacial score (nSPS) is 13.5. The summed E-state index contributed by atoms with van der Waals surface area (Å²) >= 11 is 0. The molecule has 0 rings (SSSR count). The van der Waals surface area contributed by atoms with Gasteiger partial charge in [0.1, 0.15) is 0 Å². The van der Waals surface area contributed by atoms with Gasteiger partial charge < -0.3 is 5.11 Å². The average molecular weight is 166 g/mol. The minimum Gasteiger partial charge on any atom is -0.481 e. The summed E-state index contributed by atoms with van der Waals surface area (Å²) < 4.78 is 23.2. The molecule has 11 heavy (non-hydrogen) atoms. The minimum absolute atomic E-state index is 0.0729. The van der Waals surface area contributed by atoms with Crippen LogP contribution >= 0.6 is 0 Å². The van der Waals surface area contributed by atoms with Crippen molar-refractivity contribution in [3.63, 3.8) is 0 Å². The van der Waals surface area contributed by atoms with Crippen LogP contribution in [0.3, 0.4) is 0 Å². The topological polar surface area (TPSA) is 37.3 Å². The van der Waals surface area contributed by atoms with Crippen molar-refractivity contribution >= 4 is 5.97 Å². The van der Waals surface area contributed by atoms with Gasteiger partial charge in [0, 0.05) is 6.42 Å². The molecule has 0 radical (unpaired) electrons.